The minimum atomic E-state index is -0.504. The van der Waals surface area contributed by atoms with E-state index in [9.17, 15) is 4.39 Å². The molecule has 0 amide bonds. The molecule has 0 saturated heterocycles. The van der Waals surface area contributed by atoms with Crippen molar-refractivity contribution >= 4 is 17.4 Å². The van der Waals surface area contributed by atoms with Gasteiger partial charge in [0.1, 0.15) is 18.2 Å². The fourth-order valence-corrected chi connectivity index (χ4v) is 1.85. The zero-order valence-corrected chi connectivity index (χ0v) is 11.1. The molecular formula is C14H12ClFN2O2. The number of benzene rings is 2. The number of ether oxygens (including phenoxy) is 1. The number of nitrogens with zero attached hydrogens (tertiary/aromatic N) is 1. The van der Waals surface area contributed by atoms with E-state index in [0.717, 1.165) is 5.56 Å². The van der Waals surface area contributed by atoms with Gasteiger partial charge in [-0.2, -0.15) is 0 Å². The Kier molecular flexibility index (Phi) is 4.42. The van der Waals surface area contributed by atoms with Gasteiger partial charge in [-0.3, -0.25) is 0 Å². The van der Waals surface area contributed by atoms with Crippen molar-refractivity contribution in [2.45, 2.75) is 6.61 Å². The first-order valence-corrected chi connectivity index (χ1v) is 6.13. The van der Waals surface area contributed by atoms with Crippen molar-refractivity contribution in [1.82, 2.24) is 0 Å². The molecule has 2 rings (SSSR count). The Labute approximate surface area is 120 Å². The van der Waals surface area contributed by atoms with Crippen LogP contribution >= 0.6 is 11.6 Å². The fraction of sp³-hybridized carbons (Fsp3) is 0.0714. The average Bonchev–Trinajstić information content (AvgIpc) is 2.48. The maximum atomic E-state index is 13.0. The van der Waals surface area contributed by atoms with Gasteiger partial charge in [-0.15, -0.1) is 0 Å². The summed E-state index contributed by atoms with van der Waals surface area (Å²) in [7, 11) is 0. The van der Waals surface area contributed by atoms with Crippen LogP contribution in [0.4, 0.5) is 4.39 Å². The van der Waals surface area contributed by atoms with Gasteiger partial charge in [0.25, 0.3) is 0 Å². The van der Waals surface area contributed by atoms with Crippen LogP contribution in [0.15, 0.2) is 47.6 Å². The molecule has 0 heterocycles. The van der Waals surface area contributed by atoms with Gasteiger partial charge in [-0.05, 0) is 12.1 Å². The SMILES string of the molecule is NC(=NO)c1ccccc1COc1ccc(F)c(Cl)c1. The first-order chi connectivity index (χ1) is 9.61. The molecule has 6 heteroatoms. The molecule has 0 aliphatic heterocycles. The van der Waals surface area contributed by atoms with Gasteiger partial charge in [0.2, 0.25) is 0 Å². The van der Waals surface area contributed by atoms with E-state index in [1.165, 1.54) is 18.2 Å². The van der Waals surface area contributed by atoms with Crippen molar-refractivity contribution < 1.29 is 14.3 Å². The molecular weight excluding hydrogens is 283 g/mol. The largest absolute Gasteiger partial charge is 0.489 e. The fourth-order valence-electron chi connectivity index (χ4n) is 1.68. The van der Waals surface area contributed by atoms with E-state index >= 15 is 0 Å². The van der Waals surface area contributed by atoms with E-state index in [4.69, 9.17) is 27.3 Å². The number of halogens is 2. The van der Waals surface area contributed by atoms with E-state index in [-0.39, 0.29) is 17.5 Å². The van der Waals surface area contributed by atoms with Gasteiger partial charge in [0.15, 0.2) is 5.84 Å². The molecule has 0 fully saturated rings. The number of hydrogen-bond donors (Lipinski definition) is 2. The molecule has 20 heavy (non-hydrogen) atoms. The standard InChI is InChI=1S/C14H12ClFN2O2/c15-12-7-10(5-6-13(12)16)20-8-9-3-1-2-4-11(9)14(17)18-19/h1-7,19H,8H2,(H2,17,18). The highest BCUT2D eigenvalue weighted by Gasteiger charge is 2.08. The molecule has 4 nitrogen and oxygen atoms in total. The average molecular weight is 295 g/mol. The number of rotatable bonds is 4. The van der Waals surface area contributed by atoms with Crippen LogP contribution in [0.3, 0.4) is 0 Å². The molecule has 104 valence electrons. The number of oxime groups is 1. The van der Waals surface area contributed by atoms with Crippen molar-refractivity contribution in [2.24, 2.45) is 10.9 Å². The number of amidine groups is 1. The highest BCUT2D eigenvalue weighted by atomic mass is 35.5. The molecule has 0 atom stereocenters. The second-order valence-electron chi connectivity index (χ2n) is 4.01. The predicted octanol–water partition coefficient (Wildman–Crippen LogP) is 3.15. The van der Waals surface area contributed by atoms with Crippen LogP contribution in [0.5, 0.6) is 5.75 Å². The van der Waals surface area contributed by atoms with E-state index in [2.05, 4.69) is 5.16 Å². The maximum absolute atomic E-state index is 13.0. The first-order valence-electron chi connectivity index (χ1n) is 5.75. The molecule has 0 aliphatic carbocycles. The third kappa shape index (κ3) is 3.19. The lowest BCUT2D eigenvalue weighted by Crippen LogP contribution is -2.16. The molecule has 0 unspecified atom stereocenters. The second kappa shape index (κ2) is 6.25. The highest BCUT2D eigenvalue weighted by Crippen LogP contribution is 2.22. The minimum absolute atomic E-state index is 0.00124. The van der Waals surface area contributed by atoms with Crippen molar-refractivity contribution in [2.75, 3.05) is 0 Å². The van der Waals surface area contributed by atoms with Gasteiger partial charge in [0, 0.05) is 17.2 Å². The Hall–Kier alpha value is -2.27. The molecule has 0 bridgehead atoms. The third-order valence-corrected chi connectivity index (χ3v) is 2.98. The summed E-state index contributed by atoms with van der Waals surface area (Å²) in [5.41, 5.74) is 6.89. The van der Waals surface area contributed by atoms with Crippen LogP contribution in [-0.4, -0.2) is 11.0 Å². The summed E-state index contributed by atoms with van der Waals surface area (Å²) in [6.07, 6.45) is 0. The predicted molar refractivity (Wildman–Crippen MR) is 74.7 cm³/mol. The van der Waals surface area contributed by atoms with Gasteiger partial charge in [0.05, 0.1) is 5.02 Å². The van der Waals surface area contributed by atoms with Crippen LogP contribution < -0.4 is 10.5 Å². The molecule has 2 aromatic rings. The minimum Gasteiger partial charge on any atom is -0.489 e. The summed E-state index contributed by atoms with van der Waals surface area (Å²) in [5.74, 6) is -0.0666. The lowest BCUT2D eigenvalue weighted by atomic mass is 10.1. The third-order valence-electron chi connectivity index (χ3n) is 2.69. The monoisotopic (exact) mass is 294 g/mol. The van der Waals surface area contributed by atoms with Crippen molar-refractivity contribution in [3.63, 3.8) is 0 Å². The molecule has 0 aliphatic rings. The summed E-state index contributed by atoms with van der Waals surface area (Å²) in [6.45, 7) is 0.189. The summed E-state index contributed by atoms with van der Waals surface area (Å²) in [6, 6.07) is 11.2. The Balaban J connectivity index is 2.17. The maximum Gasteiger partial charge on any atom is 0.170 e. The van der Waals surface area contributed by atoms with Gasteiger partial charge < -0.3 is 15.7 Å². The van der Waals surface area contributed by atoms with Crippen molar-refractivity contribution in [3.8, 4) is 5.75 Å². The quantitative estimate of drug-likeness (QED) is 0.394. The van der Waals surface area contributed by atoms with Crippen LogP contribution in [0.2, 0.25) is 5.02 Å². The Bertz CT molecular complexity index is 647. The smallest absolute Gasteiger partial charge is 0.170 e. The Morgan fingerprint density at radius 2 is 2.05 bits per heavy atom. The molecule has 2 aromatic carbocycles. The van der Waals surface area contributed by atoms with E-state index < -0.39 is 5.82 Å². The van der Waals surface area contributed by atoms with E-state index in [1.807, 2.05) is 6.07 Å². The van der Waals surface area contributed by atoms with Gasteiger partial charge >= 0.3 is 0 Å². The van der Waals surface area contributed by atoms with Gasteiger partial charge in [-0.25, -0.2) is 4.39 Å². The first kappa shape index (κ1) is 14.1. The van der Waals surface area contributed by atoms with Crippen LogP contribution in [0.1, 0.15) is 11.1 Å². The van der Waals surface area contributed by atoms with Crippen molar-refractivity contribution in [1.29, 1.82) is 0 Å². The number of hydrogen-bond acceptors (Lipinski definition) is 3. The molecule has 0 aromatic heterocycles. The van der Waals surface area contributed by atoms with Crippen LogP contribution in [-0.2, 0) is 6.61 Å². The zero-order valence-electron chi connectivity index (χ0n) is 10.4. The molecule has 0 saturated carbocycles. The lowest BCUT2D eigenvalue weighted by Gasteiger charge is -2.10. The highest BCUT2D eigenvalue weighted by molar-refractivity contribution is 6.30. The summed E-state index contributed by atoms with van der Waals surface area (Å²) in [5, 5.41) is 11.7. The molecule has 0 spiro atoms. The van der Waals surface area contributed by atoms with E-state index in [1.54, 1.807) is 18.2 Å². The topological polar surface area (TPSA) is 67.8 Å². The Morgan fingerprint density at radius 3 is 2.75 bits per heavy atom. The summed E-state index contributed by atoms with van der Waals surface area (Å²) < 4.78 is 18.6. The van der Waals surface area contributed by atoms with Gasteiger partial charge in [-0.1, -0.05) is 41.0 Å². The molecule has 3 N–H and O–H groups in total. The second-order valence-corrected chi connectivity index (χ2v) is 4.41. The summed E-state index contributed by atoms with van der Waals surface area (Å²) in [4.78, 5) is 0. The molecule has 0 radical (unpaired) electrons. The Morgan fingerprint density at radius 1 is 1.30 bits per heavy atom. The summed E-state index contributed by atoms with van der Waals surface area (Å²) >= 11 is 5.67. The normalized spacial score (nSPS) is 11.4. The zero-order chi connectivity index (χ0) is 14.5. The lowest BCUT2D eigenvalue weighted by molar-refractivity contribution is 0.304. The van der Waals surface area contributed by atoms with Crippen LogP contribution in [0.25, 0.3) is 0 Å². The van der Waals surface area contributed by atoms with E-state index in [0.29, 0.717) is 11.3 Å². The van der Waals surface area contributed by atoms with Crippen LogP contribution in [0, 0.1) is 5.82 Å². The van der Waals surface area contributed by atoms with Crippen molar-refractivity contribution in [3.05, 3.63) is 64.4 Å². The number of nitrogens with two attached hydrogens (primary N) is 1.